The molecule has 15 heavy (non-hydrogen) atoms. The van der Waals surface area contributed by atoms with Crippen LogP contribution in [0.25, 0.3) is 0 Å². The minimum atomic E-state index is -0.782. The Balaban J connectivity index is 2.65. The molecule has 1 aromatic rings. The molecule has 3 nitrogen and oxygen atoms in total. The minimum Gasteiger partial charge on any atom is -0.481 e. The van der Waals surface area contributed by atoms with Crippen molar-refractivity contribution in [3.63, 3.8) is 0 Å². The number of aryl methyl sites for hydroxylation is 1. The molecule has 1 unspecified atom stereocenters. The van der Waals surface area contributed by atoms with Gasteiger partial charge < -0.3 is 10.4 Å². The molecule has 0 spiro atoms. The Labute approximate surface area is 97.6 Å². The minimum absolute atomic E-state index is 0.386. The molecule has 1 rings (SSSR count). The van der Waals surface area contributed by atoms with Gasteiger partial charge in [0, 0.05) is 16.7 Å². The molecule has 0 aromatic heterocycles. The Morgan fingerprint density at radius 3 is 2.87 bits per heavy atom. The van der Waals surface area contributed by atoms with Crippen molar-refractivity contribution in [1.82, 2.24) is 0 Å². The van der Waals surface area contributed by atoms with Gasteiger partial charge in [-0.25, -0.2) is 0 Å². The molecule has 0 saturated carbocycles. The second-order valence-corrected chi connectivity index (χ2v) is 4.50. The lowest BCUT2D eigenvalue weighted by atomic mass is 10.1. The van der Waals surface area contributed by atoms with E-state index in [4.69, 9.17) is 5.11 Å². The van der Waals surface area contributed by atoms with E-state index < -0.39 is 5.97 Å². The molecule has 0 heterocycles. The smallest absolute Gasteiger partial charge is 0.308 e. The maximum Gasteiger partial charge on any atom is 0.308 e. The van der Waals surface area contributed by atoms with E-state index in [-0.39, 0.29) is 5.92 Å². The third kappa shape index (κ3) is 3.55. The fourth-order valence-electron chi connectivity index (χ4n) is 1.14. The number of hydrogen-bond donors (Lipinski definition) is 2. The van der Waals surface area contributed by atoms with Gasteiger partial charge in [-0.2, -0.15) is 0 Å². The SMILES string of the molecule is Cc1ccc(Br)cc1NCC(C)C(=O)O. The quantitative estimate of drug-likeness (QED) is 0.886. The van der Waals surface area contributed by atoms with Crippen molar-refractivity contribution in [1.29, 1.82) is 0 Å². The zero-order valence-corrected chi connectivity index (χ0v) is 10.3. The van der Waals surface area contributed by atoms with Crippen molar-refractivity contribution in [3.8, 4) is 0 Å². The molecule has 0 amide bonds. The topological polar surface area (TPSA) is 49.3 Å². The fraction of sp³-hybridized carbons (Fsp3) is 0.364. The van der Waals surface area contributed by atoms with Gasteiger partial charge in [-0.05, 0) is 24.6 Å². The molecule has 4 heteroatoms. The van der Waals surface area contributed by atoms with Crippen molar-refractivity contribution in [2.45, 2.75) is 13.8 Å². The summed E-state index contributed by atoms with van der Waals surface area (Å²) in [5.74, 6) is -1.17. The Morgan fingerprint density at radius 2 is 2.27 bits per heavy atom. The number of anilines is 1. The van der Waals surface area contributed by atoms with Crippen molar-refractivity contribution in [2.75, 3.05) is 11.9 Å². The van der Waals surface area contributed by atoms with E-state index in [0.717, 1.165) is 15.7 Å². The summed E-state index contributed by atoms with van der Waals surface area (Å²) in [4.78, 5) is 10.6. The van der Waals surface area contributed by atoms with Crippen molar-refractivity contribution < 1.29 is 9.90 Å². The van der Waals surface area contributed by atoms with Crippen LogP contribution in [-0.4, -0.2) is 17.6 Å². The molecule has 0 bridgehead atoms. The maximum atomic E-state index is 10.6. The Bertz CT molecular complexity index is 366. The summed E-state index contributed by atoms with van der Waals surface area (Å²) >= 11 is 3.38. The van der Waals surface area contributed by atoms with E-state index in [9.17, 15) is 4.79 Å². The number of aliphatic carboxylic acids is 1. The van der Waals surface area contributed by atoms with E-state index in [0.29, 0.717) is 6.54 Å². The number of carboxylic acids is 1. The molecule has 0 saturated heterocycles. The molecule has 0 radical (unpaired) electrons. The van der Waals surface area contributed by atoms with Gasteiger partial charge in [0.2, 0.25) is 0 Å². The number of nitrogens with one attached hydrogen (secondary N) is 1. The van der Waals surface area contributed by atoms with E-state index in [1.165, 1.54) is 0 Å². The van der Waals surface area contributed by atoms with Crippen LogP contribution in [-0.2, 0) is 4.79 Å². The highest BCUT2D eigenvalue weighted by Crippen LogP contribution is 2.20. The third-order valence-corrected chi connectivity index (χ3v) is 2.71. The van der Waals surface area contributed by atoms with Crippen molar-refractivity contribution in [3.05, 3.63) is 28.2 Å². The Kier molecular flexibility index (Phi) is 4.15. The maximum absolute atomic E-state index is 10.6. The molecular weight excluding hydrogens is 258 g/mol. The summed E-state index contributed by atoms with van der Waals surface area (Å²) in [6.07, 6.45) is 0. The Morgan fingerprint density at radius 1 is 1.60 bits per heavy atom. The predicted molar refractivity (Wildman–Crippen MR) is 64.2 cm³/mol. The number of hydrogen-bond acceptors (Lipinski definition) is 2. The summed E-state index contributed by atoms with van der Waals surface area (Å²) in [5, 5.41) is 11.9. The van der Waals surface area contributed by atoms with Crippen LogP contribution in [0.2, 0.25) is 0 Å². The van der Waals surface area contributed by atoms with Crippen LogP contribution in [0.4, 0.5) is 5.69 Å². The molecule has 1 aromatic carbocycles. The van der Waals surface area contributed by atoms with E-state index >= 15 is 0 Å². The summed E-state index contributed by atoms with van der Waals surface area (Å²) < 4.78 is 0.985. The predicted octanol–water partition coefficient (Wildman–Crippen LogP) is 2.89. The van der Waals surface area contributed by atoms with Gasteiger partial charge in [-0.3, -0.25) is 4.79 Å². The number of benzene rings is 1. The van der Waals surface area contributed by atoms with Crippen LogP contribution in [0.15, 0.2) is 22.7 Å². The molecule has 0 aliphatic rings. The lowest BCUT2D eigenvalue weighted by molar-refractivity contribution is -0.140. The second-order valence-electron chi connectivity index (χ2n) is 3.58. The highest BCUT2D eigenvalue weighted by atomic mass is 79.9. The molecule has 0 fully saturated rings. The van der Waals surface area contributed by atoms with Gasteiger partial charge in [0.1, 0.15) is 0 Å². The number of halogens is 1. The molecule has 0 aliphatic carbocycles. The highest BCUT2D eigenvalue weighted by Gasteiger charge is 2.10. The van der Waals surface area contributed by atoms with Gasteiger partial charge >= 0.3 is 5.97 Å². The van der Waals surface area contributed by atoms with E-state index in [2.05, 4.69) is 21.2 Å². The molecule has 0 aliphatic heterocycles. The summed E-state index contributed by atoms with van der Waals surface area (Å²) in [7, 11) is 0. The summed E-state index contributed by atoms with van der Waals surface area (Å²) in [6.45, 7) is 4.11. The van der Waals surface area contributed by atoms with E-state index in [1.54, 1.807) is 6.92 Å². The van der Waals surface area contributed by atoms with Gasteiger partial charge in [0.05, 0.1) is 5.92 Å². The largest absolute Gasteiger partial charge is 0.481 e. The monoisotopic (exact) mass is 271 g/mol. The lowest BCUT2D eigenvalue weighted by Crippen LogP contribution is -2.19. The van der Waals surface area contributed by atoms with Gasteiger partial charge in [0.25, 0.3) is 0 Å². The fourth-order valence-corrected chi connectivity index (χ4v) is 1.50. The highest BCUT2D eigenvalue weighted by molar-refractivity contribution is 9.10. The molecular formula is C11H14BrNO2. The lowest BCUT2D eigenvalue weighted by Gasteiger charge is -2.12. The average Bonchev–Trinajstić information content (AvgIpc) is 2.18. The van der Waals surface area contributed by atoms with E-state index in [1.807, 2.05) is 25.1 Å². The van der Waals surface area contributed by atoms with Crippen molar-refractivity contribution in [2.24, 2.45) is 5.92 Å². The summed E-state index contributed by atoms with van der Waals surface area (Å²) in [5.41, 5.74) is 2.08. The second kappa shape index (κ2) is 5.16. The molecule has 82 valence electrons. The normalized spacial score (nSPS) is 12.2. The first-order chi connectivity index (χ1) is 7.00. The number of rotatable bonds is 4. The molecule has 2 N–H and O–H groups in total. The zero-order chi connectivity index (χ0) is 11.4. The third-order valence-electron chi connectivity index (χ3n) is 2.22. The van der Waals surface area contributed by atoms with Crippen LogP contribution >= 0.6 is 15.9 Å². The summed E-state index contributed by atoms with van der Waals surface area (Å²) in [6, 6.07) is 5.89. The molecule has 1 atom stereocenters. The van der Waals surface area contributed by atoms with Crippen LogP contribution in [0.3, 0.4) is 0 Å². The Hall–Kier alpha value is -1.03. The van der Waals surface area contributed by atoms with Crippen LogP contribution in [0, 0.1) is 12.8 Å². The van der Waals surface area contributed by atoms with Crippen molar-refractivity contribution >= 4 is 27.6 Å². The average molecular weight is 272 g/mol. The zero-order valence-electron chi connectivity index (χ0n) is 8.75. The van der Waals surface area contributed by atoms with Crippen LogP contribution < -0.4 is 5.32 Å². The first-order valence-corrected chi connectivity index (χ1v) is 5.53. The van der Waals surface area contributed by atoms with Gasteiger partial charge in [-0.15, -0.1) is 0 Å². The standard InChI is InChI=1S/C11H14BrNO2/c1-7-3-4-9(12)5-10(7)13-6-8(2)11(14)15/h3-5,8,13H,6H2,1-2H3,(H,14,15). The van der Waals surface area contributed by atoms with Gasteiger partial charge in [0.15, 0.2) is 0 Å². The number of carboxylic acid groups (broad SMARTS) is 1. The van der Waals surface area contributed by atoms with Crippen LogP contribution in [0.5, 0.6) is 0 Å². The number of carbonyl (C=O) groups is 1. The first-order valence-electron chi connectivity index (χ1n) is 4.73. The van der Waals surface area contributed by atoms with Gasteiger partial charge in [-0.1, -0.05) is 28.9 Å². The first kappa shape index (κ1) is 12.0. The van der Waals surface area contributed by atoms with Crippen LogP contribution in [0.1, 0.15) is 12.5 Å².